The third-order valence-corrected chi connectivity index (χ3v) is 5.58. The van der Waals surface area contributed by atoms with E-state index in [0.29, 0.717) is 32.4 Å². The number of carbonyl (C=O) groups is 2. The predicted molar refractivity (Wildman–Crippen MR) is 109 cm³/mol. The molecule has 0 fully saturated rings. The number of Topliss-reactive ketones (excluding diaryl/α,β-unsaturated/α-hetero) is 1. The van der Waals surface area contributed by atoms with Gasteiger partial charge in [-0.25, -0.2) is 14.5 Å². The van der Waals surface area contributed by atoms with Crippen LogP contribution in [0.1, 0.15) is 43.8 Å². The molecule has 0 unspecified atom stereocenters. The summed E-state index contributed by atoms with van der Waals surface area (Å²) in [6.45, 7) is 4.88. The highest BCUT2D eigenvalue weighted by Crippen LogP contribution is 2.36. The molecule has 0 saturated carbocycles. The van der Waals surface area contributed by atoms with Crippen LogP contribution in [0.4, 0.5) is 5.00 Å². The van der Waals surface area contributed by atoms with Crippen molar-refractivity contribution in [2.75, 3.05) is 7.11 Å². The van der Waals surface area contributed by atoms with Gasteiger partial charge in [-0.3, -0.25) is 14.7 Å². The van der Waals surface area contributed by atoms with E-state index in [1.165, 1.54) is 24.9 Å². The first-order chi connectivity index (χ1) is 13.3. The first-order valence-electron chi connectivity index (χ1n) is 8.48. The van der Waals surface area contributed by atoms with Gasteiger partial charge in [0.05, 0.1) is 28.8 Å². The van der Waals surface area contributed by atoms with Crippen molar-refractivity contribution in [1.29, 1.82) is 0 Å². The number of benzene rings is 1. The molecule has 0 spiro atoms. The average Bonchev–Trinajstić information content (AvgIpc) is 3.16. The van der Waals surface area contributed by atoms with Crippen LogP contribution in [0.15, 0.2) is 40.1 Å². The van der Waals surface area contributed by atoms with Gasteiger partial charge < -0.3 is 4.74 Å². The number of aromatic amines is 1. The molecule has 8 heteroatoms. The number of para-hydroxylation sites is 1. The largest absolute Gasteiger partial charge is 0.465 e. The topological polar surface area (TPSA) is 93.5 Å². The lowest BCUT2D eigenvalue weighted by Gasteiger charge is -1.99. The van der Waals surface area contributed by atoms with Gasteiger partial charge in [0, 0.05) is 11.9 Å². The number of hydrogen-bond donors (Lipinski definition) is 1. The van der Waals surface area contributed by atoms with Crippen molar-refractivity contribution in [2.24, 2.45) is 4.99 Å². The molecular formula is C20H19N3O4S. The Labute approximate surface area is 165 Å². The molecule has 7 nitrogen and oxygen atoms in total. The van der Waals surface area contributed by atoms with Crippen molar-refractivity contribution in [3.8, 4) is 5.69 Å². The highest BCUT2D eigenvalue weighted by molar-refractivity contribution is 7.18. The number of methoxy groups -OCH3 is 1. The molecule has 2 heterocycles. The molecule has 0 radical (unpaired) electrons. The zero-order valence-corrected chi connectivity index (χ0v) is 16.7. The lowest BCUT2D eigenvalue weighted by atomic mass is 10.1. The van der Waals surface area contributed by atoms with E-state index in [9.17, 15) is 14.4 Å². The number of nitrogens with zero attached hydrogens (tertiary/aromatic N) is 2. The van der Waals surface area contributed by atoms with Crippen LogP contribution in [0.3, 0.4) is 0 Å². The molecule has 144 valence electrons. The summed E-state index contributed by atoms with van der Waals surface area (Å²) in [7, 11) is 1.27. The average molecular weight is 397 g/mol. The Bertz CT molecular complexity index is 1140. The smallest absolute Gasteiger partial charge is 0.341 e. The maximum Gasteiger partial charge on any atom is 0.341 e. The number of ether oxygens (including phenoxy) is 1. The molecule has 0 amide bonds. The van der Waals surface area contributed by atoms with E-state index in [-0.39, 0.29) is 16.9 Å². The zero-order valence-electron chi connectivity index (χ0n) is 15.9. The van der Waals surface area contributed by atoms with Gasteiger partial charge >= 0.3 is 5.97 Å². The molecule has 0 bridgehead atoms. The first-order valence-corrected chi connectivity index (χ1v) is 9.30. The number of esters is 1. The fraction of sp³-hybridized carbons (Fsp3) is 0.200. The lowest BCUT2D eigenvalue weighted by molar-refractivity contribution is 0.0601. The fourth-order valence-electron chi connectivity index (χ4n) is 2.86. The zero-order chi connectivity index (χ0) is 20.4. The molecule has 0 aliphatic rings. The van der Waals surface area contributed by atoms with E-state index < -0.39 is 5.97 Å². The predicted octanol–water partition coefficient (Wildman–Crippen LogP) is 3.58. The molecule has 0 saturated heterocycles. The van der Waals surface area contributed by atoms with Gasteiger partial charge in [0.2, 0.25) is 0 Å². The molecule has 3 rings (SSSR count). The van der Waals surface area contributed by atoms with Crippen LogP contribution < -0.4 is 5.56 Å². The minimum absolute atomic E-state index is 0.154. The summed E-state index contributed by atoms with van der Waals surface area (Å²) >= 11 is 1.10. The molecule has 1 aromatic carbocycles. The summed E-state index contributed by atoms with van der Waals surface area (Å²) in [5.74, 6) is -0.723. The summed E-state index contributed by atoms with van der Waals surface area (Å²) < 4.78 is 6.25. The number of hydrogen-bond acceptors (Lipinski definition) is 6. The quantitative estimate of drug-likeness (QED) is 0.404. The van der Waals surface area contributed by atoms with Crippen molar-refractivity contribution < 1.29 is 14.3 Å². The third-order valence-electron chi connectivity index (χ3n) is 4.28. The second kappa shape index (κ2) is 7.77. The van der Waals surface area contributed by atoms with Crippen molar-refractivity contribution in [3.05, 3.63) is 67.9 Å². The van der Waals surface area contributed by atoms with Crippen LogP contribution in [0.25, 0.3) is 5.69 Å². The van der Waals surface area contributed by atoms with Crippen LogP contribution in [-0.4, -0.2) is 34.9 Å². The maximum absolute atomic E-state index is 12.8. The standard InChI is InChI=1S/C20H19N3O4S/c1-11-16(20(26)27-4)18(28-17(11)13(3)24)21-10-15-12(2)22-23(19(15)25)14-8-6-5-7-9-14/h5-10,22H,1-4H3/b21-10+. The molecule has 28 heavy (non-hydrogen) atoms. The summed E-state index contributed by atoms with van der Waals surface area (Å²) in [6.07, 6.45) is 1.41. The molecule has 1 N–H and O–H groups in total. The van der Waals surface area contributed by atoms with Gasteiger partial charge in [0.1, 0.15) is 5.00 Å². The number of aryl methyl sites for hydroxylation is 1. The van der Waals surface area contributed by atoms with Crippen molar-refractivity contribution in [3.63, 3.8) is 0 Å². The molecule has 0 aliphatic carbocycles. The van der Waals surface area contributed by atoms with E-state index >= 15 is 0 Å². The SMILES string of the molecule is COC(=O)c1c(/N=C/c2c(C)[nH]n(-c3ccccc3)c2=O)sc(C(C)=O)c1C. The summed E-state index contributed by atoms with van der Waals surface area (Å²) in [5, 5.41) is 3.35. The fourth-order valence-corrected chi connectivity index (χ4v) is 3.90. The monoisotopic (exact) mass is 397 g/mol. The summed E-state index contributed by atoms with van der Waals surface area (Å²) in [6, 6.07) is 9.18. The molecule has 3 aromatic rings. The van der Waals surface area contributed by atoms with Crippen molar-refractivity contribution in [2.45, 2.75) is 20.8 Å². The normalized spacial score (nSPS) is 11.1. The van der Waals surface area contributed by atoms with Gasteiger partial charge in [-0.05, 0) is 38.5 Å². The van der Waals surface area contributed by atoms with Crippen LogP contribution in [0.2, 0.25) is 0 Å². The highest BCUT2D eigenvalue weighted by Gasteiger charge is 2.23. The number of carbonyl (C=O) groups excluding carboxylic acids is 2. The Hall–Kier alpha value is -3.26. The Balaban J connectivity index is 2.07. The Morgan fingerprint density at radius 2 is 1.89 bits per heavy atom. The van der Waals surface area contributed by atoms with Crippen LogP contribution in [0.5, 0.6) is 0 Å². The van der Waals surface area contributed by atoms with Gasteiger partial charge in [-0.2, -0.15) is 0 Å². The van der Waals surface area contributed by atoms with E-state index in [2.05, 4.69) is 10.1 Å². The molecular weight excluding hydrogens is 378 g/mol. The van der Waals surface area contributed by atoms with E-state index in [1.807, 2.05) is 30.3 Å². The van der Waals surface area contributed by atoms with E-state index in [4.69, 9.17) is 4.74 Å². The second-order valence-corrected chi connectivity index (χ2v) is 7.17. The van der Waals surface area contributed by atoms with Crippen LogP contribution in [0, 0.1) is 13.8 Å². The summed E-state index contributed by atoms with van der Waals surface area (Å²) in [5.41, 5.74) is 2.23. The number of H-pyrrole nitrogens is 1. The maximum atomic E-state index is 12.8. The summed E-state index contributed by atoms with van der Waals surface area (Å²) in [4.78, 5) is 41.5. The minimum Gasteiger partial charge on any atom is -0.465 e. The number of rotatable bonds is 5. The Morgan fingerprint density at radius 3 is 2.50 bits per heavy atom. The van der Waals surface area contributed by atoms with Gasteiger partial charge in [-0.15, -0.1) is 11.3 Å². The van der Waals surface area contributed by atoms with Gasteiger partial charge in [-0.1, -0.05) is 18.2 Å². The van der Waals surface area contributed by atoms with E-state index in [1.54, 1.807) is 13.8 Å². The number of aliphatic imine (C=N–C) groups is 1. The third kappa shape index (κ3) is 3.46. The second-order valence-electron chi connectivity index (χ2n) is 6.17. The van der Waals surface area contributed by atoms with Crippen molar-refractivity contribution >= 4 is 34.3 Å². The number of aromatic nitrogens is 2. The minimum atomic E-state index is -0.569. The Morgan fingerprint density at radius 1 is 1.21 bits per heavy atom. The first kappa shape index (κ1) is 19.5. The molecule has 2 aromatic heterocycles. The van der Waals surface area contributed by atoms with Crippen molar-refractivity contribution in [1.82, 2.24) is 9.78 Å². The van der Waals surface area contributed by atoms with Gasteiger partial charge in [0.15, 0.2) is 5.78 Å². The van der Waals surface area contributed by atoms with Crippen LogP contribution >= 0.6 is 11.3 Å². The molecule has 0 aliphatic heterocycles. The number of thiophene rings is 1. The van der Waals surface area contributed by atoms with Gasteiger partial charge in [0.25, 0.3) is 5.56 Å². The van der Waals surface area contributed by atoms with Crippen LogP contribution in [-0.2, 0) is 4.74 Å². The number of nitrogens with one attached hydrogen (secondary N) is 1. The molecule has 0 atom stereocenters. The number of ketones is 1. The Kier molecular flexibility index (Phi) is 5.41. The lowest BCUT2D eigenvalue weighted by Crippen LogP contribution is -2.17. The van der Waals surface area contributed by atoms with E-state index in [0.717, 1.165) is 11.3 Å². The highest BCUT2D eigenvalue weighted by atomic mass is 32.1.